The molecule has 23 heavy (non-hydrogen) atoms. The number of nitrogens with one attached hydrogen (secondary N) is 2. The maximum absolute atomic E-state index is 5.50. The first-order chi connectivity index (χ1) is 11.3. The Morgan fingerprint density at radius 2 is 2.09 bits per heavy atom. The van der Waals surface area contributed by atoms with Gasteiger partial charge in [0.2, 0.25) is 0 Å². The second-order valence-electron chi connectivity index (χ2n) is 6.02. The van der Waals surface area contributed by atoms with Crippen LogP contribution in [0.1, 0.15) is 11.6 Å². The summed E-state index contributed by atoms with van der Waals surface area (Å²) in [7, 11) is 0. The summed E-state index contributed by atoms with van der Waals surface area (Å²) in [6.45, 7) is 7.20. The number of terminal acetylenes is 1. The molecule has 0 radical (unpaired) electrons. The van der Waals surface area contributed by atoms with Gasteiger partial charge in [-0.2, -0.15) is 0 Å². The summed E-state index contributed by atoms with van der Waals surface area (Å²) in [6.07, 6.45) is 7.41. The highest BCUT2D eigenvalue weighted by Gasteiger charge is 2.30. The molecule has 1 aliphatic rings. The third kappa shape index (κ3) is 3.46. The molecule has 1 saturated heterocycles. The predicted octanol–water partition coefficient (Wildman–Crippen LogP) is 2.73. The van der Waals surface area contributed by atoms with E-state index < -0.39 is 0 Å². The van der Waals surface area contributed by atoms with Gasteiger partial charge in [-0.05, 0) is 16.3 Å². The van der Waals surface area contributed by atoms with Crippen molar-refractivity contribution in [3.8, 4) is 12.3 Å². The summed E-state index contributed by atoms with van der Waals surface area (Å²) in [5, 5.41) is 2.59. The van der Waals surface area contributed by atoms with Gasteiger partial charge in [0.25, 0.3) is 0 Å². The molecule has 1 heterocycles. The monoisotopic (exact) mass is 305 g/mol. The molecule has 118 valence electrons. The van der Waals surface area contributed by atoms with Gasteiger partial charge in [0.1, 0.15) is 0 Å². The summed E-state index contributed by atoms with van der Waals surface area (Å²) in [5.41, 5.74) is 8.12. The minimum atomic E-state index is 0.284. The van der Waals surface area contributed by atoms with Crippen molar-refractivity contribution in [1.82, 2.24) is 15.8 Å². The van der Waals surface area contributed by atoms with Crippen LogP contribution in [0.4, 0.5) is 0 Å². The number of benzene rings is 2. The van der Waals surface area contributed by atoms with Crippen LogP contribution >= 0.6 is 0 Å². The van der Waals surface area contributed by atoms with E-state index in [1.807, 2.05) is 6.08 Å². The van der Waals surface area contributed by atoms with Crippen molar-refractivity contribution >= 4 is 10.8 Å². The average molecular weight is 305 g/mol. The van der Waals surface area contributed by atoms with Crippen LogP contribution in [-0.4, -0.2) is 31.1 Å². The Morgan fingerprint density at radius 1 is 1.26 bits per heavy atom. The van der Waals surface area contributed by atoms with Crippen molar-refractivity contribution < 1.29 is 0 Å². The summed E-state index contributed by atoms with van der Waals surface area (Å²) >= 11 is 0. The fourth-order valence-electron chi connectivity index (χ4n) is 3.41. The van der Waals surface area contributed by atoms with E-state index >= 15 is 0 Å². The van der Waals surface area contributed by atoms with E-state index in [2.05, 4.69) is 70.7 Å². The Kier molecular flexibility index (Phi) is 5.09. The fraction of sp³-hybridized carbons (Fsp3) is 0.300. The maximum Gasteiger partial charge on any atom is 0.0601 e. The maximum atomic E-state index is 5.50. The fourth-order valence-corrected chi connectivity index (χ4v) is 3.41. The summed E-state index contributed by atoms with van der Waals surface area (Å²) in [6, 6.07) is 15.4. The first-order valence-electron chi connectivity index (χ1n) is 8.06. The molecule has 0 aromatic heterocycles. The Morgan fingerprint density at radius 3 is 2.91 bits per heavy atom. The van der Waals surface area contributed by atoms with Crippen LogP contribution in [0.5, 0.6) is 0 Å². The number of hydrazine groups is 1. The van der Waals surface area contributed by atoms with E-state index in [4.69, 9.17) is 6.42 Å². The van der Waals surface area contributed by atoms with Gasteiger partial charge in [-0.3, -0.25) is 10.3 Å². The standard InChI is InChI=1S/C20H23N3/c1-3-12-23(13-4-2)15-17-14-21-22-20(17)19-11-7-9-16-8-5-6-10-18(16)19/h1,4-11,17,20-22H,2,12-15H2. The lowest BCUT2D eigenvalue weighted by Crippen LogP contribution is -2.33. The van der Waals surface area contributed by atoms with E-state index in [9.17, 15) is 0 Å². The van der Waals surface area contributed by atoms with E-state index in [-0.39, 0.29) is 6.04 Å². The first kappa shape index (κ1) is 15.8. The number of hydrogen-bond donors (Lipinski definition) is 2. The topological polar surface area (TPSA) is 27.3 Å². The molecule has 0 saturated carbocycles. The Labute approximate surface area is 138 Å². The third-order valence-electron chi connectivity index (χ3n) is 4.45. The quantitative estimate of drug-likeness (QED) is 0.635. The molecule has 0 aliphatic carbocycles. The second kappa shape index (κ2) is 7.43. The van der Waals surface area contributed by atoms with E-state index in [0.717, 1.165) is 19.6 Å². The Balaban J connectivity index is 1.86. The highest BCUT2D eigenvalue weighted by atomic mass is 15.4. The number of fused-ring (bicyclic) bond motifs is 1. The lowest BCUT2D eigenvalue weighted by molar-refractivity contribution is 0.272. The summed E-state index contributed by atoms with van der Waals surface area (Å²) in [5.74, 6) is 3.21. The normalized spacial score (nSPS) is 20.7. The van der Waals surface area contributed by atoms with Gasteiger partial charge < -0.3 is 0 Å². The van der Waals surface area contributed by atoms with Gasteiger partial charge in [-0.1, -0.05) is 54.5 Å². The first-order valence-corrected chi connectivity index (χ1v) is 8.06. The molecule has 2 aromatic carbocycles. The number of rotatable bonds is 6. The molecule has 2 N–H and O–H groups in total. The number of nitrogens with zero attached hydrogens (tertiary/aromatic N) is 1. The molecule has 1 fully saturated rings. The van der Waals surface area contributed by atoms with E-state index in [0.29, 0.717) is 12.5 Å². The molecule has 2 aromatic rings. The SMILES string of the molecule is C#CCN(CC=C)CC1CNNC1c1cccc2ccccc12. The smallest absolute Gasteiger partial charge is 0.0601 e. The summed E-state index contributed by atoms with van der Waals surface area (Å²) < 4.78 is 0. The zero-order valence-electron chi connectivity index (χ0n) is 13.3. The molecule has 3 rings (SSSR count). The van der Waals surface area contributed by atoms with Gasteiger partial charge in [-0.25, -0.2) is 5.43 Å². The van der Waals surface area contributed by atoms with Crippen LogP contribution in [0.2, 0.25) is 0 Å². The van der Waals surface area contributed by atoms with Crippen LogP contribution in [0.25, 0.3) is 10.8 Å². The zero-order chi connectivity index (χ0) is 16.1. The zero-order valence-corrected chi connectivity index (χ0v) is 13.3. The van der Waals surface area contributed by atoms with E-state index in [1.165, 1.54) is 16.3 Å². The molecule has 0 amide bonds. The second-order valence-corrected chi connectivity index (χ2v) is 6.02. The molecule has 3 heteroatoms. The van der Waals surface area contributed by atoms with Crippen LogP contribution in [0.15, 0.2) is 55.1 Å². The lowest BCUT2D eigenvalue weighted by Gasteiger charge is -2.26. The van der Waals surface area contributed by atoms with Crippen LogP contribution in [0, 0.1) is 18.3 Å². The van der Waals surface area contributed by atoms with Gasteiger partial charge in [0.05, 0.1) is 12.6 Å². The Hall–Kier alpha value is -2.12. The van der Waals surface area contributed by atoms with Gasteiger partial charge >= 0.3 is 0 Å². The molecule has 1 aliphatic heterocycles. The van der Waals surface area contributed by atoms with Crippen molar-refractivity contribution in [2.75, 3.05) is 26.2 Å². The number of hydrogen-bond acceptors (Lipinski definition) is 3. The van der Waals surface area contributed by atoms with Crippen LogP contribution in [0.3, 0.4) is 0 Å². The average Bonchev–Trinajstić information content (AvgIpc) is 3.03. The molecule has 2 unspecified atom stereocenters. The molecular formula is C20H23N3. The van der Waals surface area contributed by atoms with Crippen molar-refractivity contribution in [1.29, 1.82) is 0 Å². The van der Waals surface area contributed by atoms with Crippen molar-refractivity contribution in [3.05, 3.63) is 60.7 Å². The van der Waals surface area contributed by atoms with Crippen LogP contribution < -0.4 is 10.9 Å². The Bertz CT molecular complexity index is 711. The van der Waals surface area contributed by atoms with Crippen molar-refractivity contribution in [2.45, 2.75) is 6.04 Å². The molecule has 3 nitrogen and oxygen atoms in total. The third-order valence-corrected chi connectivity index (χ3v) is 4.45. The van der Waals surface area contributed by atoms with E-state index in [1.54, 1.807) is 0 Å². The highest BCUT2D eigenvalue weighted by molar-refractivity contribution is 5.86. The molecule has 0 spiro atoms. The minimum Gasteiger partial charge on any atom is -0.288 e. The van der Waals surface area contributed by atoms with Gasteiger partial charge in [0, 0.05) is 25.6 Å². The minimum absolute atomic E-state index is 0.284. The van der Waals surface area contributed by atoms with Crippen molar-refractivity contribution in [3.63, 3.8) is 0 Å². The van der Waals surface area contributed by atoms with Gasteiger partial charge in [0.15, 0.2) is 0 Å². The van der Waals surface area contributed by atoms with Crippen LogP contribution in [-0.2, 0) is 0 Å². The highest BCUT2D eigenvalue weighted by Crippen LogP contribution is 2.31. The van der Waals surface area contributed by atoms with Crippen molar-refractivity contribution in [2.24, 2.45) is 5.92 Å². The largest absolute Gasteiger partial charge is 0.288 e. The lowest BCUT2D eigenvalue weighted by atomic mass is 9.90. The van der Waals surface area contributed by atoms with Gasteiger partial charge in [-0.15, -0.1) is 13.0 Å². The molecule has 2 atom stereocenters. The molecule has 0 bridgehead atoms. The molecular weight excluding hydrogens is 282 g/mol. The summed E-state index contributed by atoms with van der Waals surface area (Å²) in [4.78, 5) is 2.27. The predicted molar refractivity (Wildman–Crippen MR) is 96.8 cm³/mol.